The maximum Gasteiger partial charge on any atom is 0.124 e. The van der Waals surface area contributed by atoms with Crippen molar-refractivity contribution in [2.45, 2.75) is 20.3 Å². The number of anilines is 1. The number of aryl methyl sites for hydroxylation is 2. The predicted octanol–water partition coefficient (Wildman–Crippen LogP) is 3.09. The van der Waals surface area contributed by atoms with Gasteiger partial charge in [-0.25, -0.2) is 0 Å². The van der Waals surface area contributed by atoms with Crippen molar-refractivity contribution in [2.24, 2.45) is 5.73 Å². The second kappa shape index (κ2) is 5.14. The zero-order chi connectivity index (χ0) is 14.0. The fraction of sp³-hybridized carbons (Fsp3) is 0.188. The molecule has 0 spiro atoms. The molecule has 0 unspecified atom stereocenters. The first-order valence-corrected chi connectivity index (χ1v) is 6.36. The van der Waals surface area contributed by atoms with Crippen molar-refractivity contribution in [1.82, 2.24) is 0 Å². The van der Waals surface area contributed by atoms with Gasteiger partial charge in [0.25, 0.3) is 0 Å². The Morgan fingerprint density at radius 1 is 1.11 bits per heavy atom. The fourth-order valence-corrected chi connectivity index (χ4v) is 2.22. The van der Waals surface area contributed by atoms with Gasteiger partial charge in [-0.3, -0.25) is 5.41 Å². The van der Waals surface area contributed by atoms with Crippen LogP contribution in [0.1, 0.15) is 23.6 Å². The van der Waals surface area contributed by atoms with Crippen LogP contribution in [0.5, 0.6) is 0 Å². The van der Waals surface area contributed by atoms with Crippen molar-refractivity contribution >= 4 is 11.5 Å². The highest BCUT2D eigenvalue weighted by molar-refractivity contribution is 6.00. The Kier molecular flexibility index (Phi) is 3.56. The first-order chi connectivity index (χ1) is 9.01. The lowest BCUT2D eigenvalue weighted by molar-refractivity contribution is 1.13. The van der Waals surface area contributed by atoms with Gasteiger partial charge >= 0.3 is 0 Å². The summed E-state index contributed by atoms with van der Waals surface area (Å²) in [5, 5.41) is 7.45. The van der Waals surface area contributed by atoms with Gasteiger partial charge in [-0.2, -0.15) is 0 Å². The number of nitrogens with two attached hydrogens (primary N) is 2. The molecule has 19 heavy (non-hydrogen) atoms. The monoisotopic (exact) mass is 253 g/mol. The topological polar surface area (TPSA) is 75.9 Å². The third kappa shape index (κ3) is 2.76. The first-order valence-electron chi connectivity index (χ1n) is 6.36. The molecule has 0 atom stereocenters. The molecule has 0 aromatic heterocycles. The molecule has 0 saturated carbocycles. The highest BCUT2D eigenvalue weighted by Crippen LogP contribution is 2.26. The van der Waals surface area contributed by atoms with E-state index in [9.17, 15) is 0 Å². The summed E-state index contributed by atoms with van der Waals surface area (Å²) in [6, 6.07) is 12.2. The van der Waals surface area contributed by atoms with E-state index in [0.29, 0.717) is 11.3 Å². The number of hydrogen-bond acceptors (Lipinski definition) is 2. The number of nitrogens with one attached hydrogen (secondary N) is 1. The van der Waals surface area contributed by atoms with Crippen LogP contribution in [0.4, 0.5) is 5.69 Å². The highest BCUT2D eigenvalue weighted by Gasteiger charge is 2.06. The van der Waals surface area contributed by atoms with Gasteiger partial charge in [0.1, 0.15) is 5.84 Å². The zero-order valence-corrected chi connectivity index (χ0v) is 11.3. The fourth-order valence-electron chi connectivity index (χ4n) is 2.22. The van der Waals surface area contributed by atoms with Gasteiger partial charge in [0.05, 0.1) is 0 Å². The van der Waals surface area contributed by atoms with Gasteiger partial charge in [0, 0.05) is 11.3 Å². The van der Waals surface area contributed by atoms with Crippen molar-refractivity contribution in [3.63, 3.8) is 0 Å². The summed E-state index contributed by atoms with van der Waals surface area (Å²) in [7, 11) is 0. The molecule has 0 amide bonds. The van der Waals surface area contributed by atoms with Gasteiger partial charge in [-0.1, -0.05) is 36.8 Å². The number of nitrogen functional groups attached to an aromatic ring is 2. The standard InChI is InChI=1S/C16H19N3/c1-3-11-6-10(2)7-13(8-11)12-4-5-14(16(18)19)15(17)9-12/h4-9H,3,17H2,1-2H3,(H3,18,19). The van der Waals surface area contributed by atoms with Crippen LogP contribution >= 0.6 is 0 Å². The van der Waals surface area contributed by atoms with E-state index in [0.717, 1.165) is 17.5 Å². The van der Waals surface area contributed by atoms with Crippen LogP contribution in [0.25, 0.3) is 11.1 Å². The number of benzene rings is 2. The van der Waals surface area contributed by atoms with E-state index in [2.05, 4.69) is 32.0 Å². The SMILES string of the molecule is CCc1cc(C)cc(-c2ccc(C(=N)N)c(N)c2)c1. The summed E-state index contributed by atoms with van der Waals surface area (Å²) < 4.78 is 0. The van der Waals surface area contributed by atoms with Crippen LogP contribution in [-0.2, 0) is 6.42 Å². The van der Waals surface area contributed by atoms with E-state index < -0.39 is 0 Å². The van der Waals surface area contributed by atoms with Crippen molar-refractivity contribution in [3.8, 4) is 11.1 Å². The average molecular weight is 253 g/mol. The third-order valence-corrected chi connectivity index (χ3v) is 3.22. The minimum atomic E-state index is 0.00235. The molecular formula is C16H19N3. The predicted molar refractivity (Wildman–Crippen MR) is 81.4 cm³/mol. The normalized spacial score (nSPS) is 10.4. The molecule has 98 valence electrons. The summed E-state index contributed by atoms with van der Waals surface area (Å²) in [6.07, 6.45) is 1.01. The quantitative estimate of drug-likeness (QED) is 0.446. The summed E-state index contributed by atoms with van der Waals surface area (Å²) in [4.78, 5) is 0. The Morgan fingerprint density at radius 2 is 1.84 bits per heavy atom. The van der Waals surface area contributed by atoms with E-state index in [1.54, 1.807) is 6.07 Å². The molecule has 2 rings (SSSR count). The van der Waals surface area contributed by atoms with Crippen LogP contribution < -0.4 is 11.5 Å². The molecule has 2 aromatic rings. The second-order valence-electron chi connectivity index (χ2n) is 4.78. The lowest BCUT2D eigenvalue weighted by Crippen LogP contribution is -2.13. The summed E-state index contributed by atoms with van der Waals surface area (Å²) in [6.45, 7) is 4.24. The van der Waals surface area contributed by atoms with E-state index in [1.807, 2.05) is 12.1 Å². The second-order valence-corrected chi connectivity index (χ2v) is 4.78. The molecule has 0 aliphatic heterocycles. The molecule has 0 aliphatic rings. The maximum atomic E-state index is 7.45. The Bertz CT molecular complexity index is 630. The minimum Gasteiger partial charge on any atom is -0.398 e. The average Bonchev–Trinajstić information content (AvgIpc) is 2.37. The van der Waals surface area contributed by atoms with Gasteiger partial charge in [0.2, 0.25) is 0 Å². The lowest BCUT2D eigenvalue weighted by Gasteiger charge is -2.10. The third-order valence-electron chi connectivity index (χ3n) is 3.22. The largest absolute Gasteiger partial charge is 0.398 e. The van der Waals surface area contributed by atoms with Crippen LogP contribution in [0.15, 0.2) is 36.4 Å². The first kappa shape index (κ1) is 13.1. The van der Waals surface area contributed by atoms with Gasteiger partial charge in [-0.05, 0) is 42.2 Å². The number of hydrogen-bond donors (Lipinski definition) is 3. The summed E-state index contributed by atoms with van der Waals surface area (Å²) in [5.41, 5.74) is 17.3. The van der Waals surface area contributed by atoms with Crippen LogP contribution in [0.2, 0.25) is 0 Å². The van der Waals surface area contributed by atoms with Crippen LogP contribution in [0.3, 0.4) is 0 Å². The summed E-state index contributed by atoms with van der Waals surface area (Å²) in [5.74, 6) is 0.00235. The Labute approximate surface area is 113 Å². The Balaban J connectivity index is 2.50. The van der Waals surface area contributed by atoms with Gasteiger partial charge in [0.15, 0.2) is 0 Å². The number of rotatable bonds is 3. The minimum absolute atomic E-state index is 0.00235. The van der Waals surface area contributed by atoms with E-state index >= 15 is 0 Å². The maximum absolute atomic E-state index is 7.45. The van der Waals surface area contributed by atoms with Crippen molar-refractivity contribution < 1.29 is 0 Å². The Morgan fingerprint density at radius 3 is 2.42 bits per heavy atom. The van der Waals surface area contributed by atoms with Crippen LogP contribution in [-0.4, -0.2) is 5.84 Å². The molecule has 0 fully saturated rings. The Hall–Kier alpha value is -2.29. The molecule has 3 heteroatoms. The molecule has 0 heterocycles. The van der Waals surface area contributed by atoms with E-state index in [4.69, 9.17) is 16.9 Å². The van der Waals surface area contributed by atoms with Crippen molar-refractivity contribution in [1.29, 1.82) is 5.41 Å². The van der Waals surface area contributed by atoms with E-state index in [1.165, 1.54) is 11.1 Å². The molecule has 3 nitrogen and oxygen atoms in total. The van der Waals surface area contributed by atoms with Gasteiger partial charge in [-0.15, -0.1) is 0 Å². The molecule has 0 saturated heterocycles. The lowest BCUT2D eigenvalue weighted by atomic mass is 9.97. The highest BCUT2D eigenvalue weighted by atomic mass is 14.7. The molecule has 0 radical (unpaired) electrons. The summed E-state index contributed by atoms with van der Waals surface area (Å²) >= 11 is 0. The number of amidine groups is 1. The van der Waals surface area contributed by atoms with Crippen LogP contribution in [0, 0.1) is 12.3 Å². The zero-order valence-electron chi connectivity index (χ0n) is 11.3. The van der Waals surface area contributed by atoms with E-state index in [-0.39, 0.29) is 5.84 Å². The molecule has 2 aromatic carbocycles. The molecule has 0 aliphatic carbocycles. The molecular weight excluding hydrogens is 234 g/mol. The van der Waals surface area contributed by atoms with Crippen molar-refractivity contribution in [3.05, 3.63) is 53.1 Å². The smallest absolute Gasteiger partial charge is 0.124 e. The van der Waals surface area contributed by atoms with Crippen molar-refractivity contribution in [2.75, 3.05) is 5.73 Å². The molecule has 5 N–H and O–H groups in total. The van der Waals surface area contributed by atoms with Gasteiger partial charge < -0.3 is 11.5 Å². The molecule has 0 bridgehead atoms.